The molecule has 2 aromatic rings. The molecule has 2 N–H and O–H groups in total. The highest BCUT2D eigenvalue weighted by Crippen LogP contribution is 2.18. The summed E-state index contributed by atoms with van der Waals surface area (Å²) in [6, 6.07) is 10.0. The van der Waals surface area contributed by atoms with E-state index in [1.54, 1.807) is 13.4 Å². The lowest BCUT2D eigenvalue weighted by atomic mass is 10.1. The number of benzene rings is 1. The van der Waals surface area contributed by atoms with E-state index in [1.165, 1.54) is 5.56 Å². The maximum Gasteiger partial charge on any atom is 0.131 e. The van der Waals surface area contributed by atoms with E-state index in [-0.39, 0.29) is 0 Å². The highest BCUT2D eigenvalue weighted by atomic mass is 16.5. The second-order valence-electron chi connectivity index (χ2n) is 5.89. The number of hydrogen-bond acceptors (Lipinski definition) is 5. The standard InChI is InChI=1S/C18H26N4O/c1-14(2)8-10-19-17-12-18(22-13-21-17)20-11-9-15-6-4-5-7-16(15)23-3/h4-7,12-14H,8-11H2,1-3H3,(H2,19,20,21,22). The summed E-state index contributed by atoms with van der Waals surface area (Å²) in [4.78, 5) is 8.51. The van der Waals surface area contributed by atoms with Gasteiger partial charge >= 0.3 is 0 Å². The van der Waals surface area contributed by atoms with Crippen molar-refractivity contribution in [2.45, 2.75) is 26.7 Å². The van der Waals surface area contributed by atoms with E-state index >= 15 is 0 Å². The summed E-state index contributed by atoms with van der Waals surface area (Å²) in [6.07, 6.45) is 3.59. The first-order chi connectivity index (χ1) is 11.2. The molecule has 0 saturated carbocycles. The Morgan fingerprint density at radius 3 is 2.43 bits per heavy atom. The number of nitrogens with one attached hydrogen (secondary N) is 2. The monoisotopic (exact) mass is 314 g/mol. The molecular weight excluding hydrogens is 288 g/mol. The van der Waals surface area contributed by atoms with Crippen molar-refractivity contribution < 1.29 is 4.74 Å². The van der Waals surface area contributed by atoms with E-state index in [4.69, 9.17) is 4.74 Å². The Kier molecular flexibility index (Phi) is 6.66. The van der Waals surface area contributed by atoms with Crippen LogP contribution in [0, 0.1) is 5.92 Å². The molecule has 5 heteroatoms. The Balaban J connectivity index is 1.83. The van der Waals surface area contributed by atoms with Gasteiger partial charge in [0.25, 0.3) is 0 Å². The molecule has 23 heavy (non-hydrogen) atoms. The van der Waals surface area contributed by atoms with Crippen molar-refractivity contribution in [3.8, 4) is 5.75 Å². The van der Waals surface area contributed by atoms with Gasteiger partial charge in [0.2, 0.25) is 0 Å². The van der Waals surface area contributed by atoms with Gasteiger partial charge in [-0.15, -0.1) is 0 Å². The molecule has 5 nitrogen and oxygen atoms in total. The maximum atomic E-state index is 5.37. The van der Waals surface area contributed by atoms with Crippen LogP contribution in [-0.4, -0.2) is 30.2 Å². The van der Waals surface area contributed by atoms with Crippen LogP contribution in [0.2, 0.25) is 0 Å². The van der Waals surface area contributed by atoms with Crippen molar-refractivity contribution in [3.63, 3.8) is 0 Å². The molecular formula is C18H26N4O. The topological polar surface area (TPSA) is 59.1 Å². The van der Waals surface area contributed by atoms with Crippen LogP contribution in [-0.2, 0) is 6.42 Å². The van der Waals surface area contributed by atoms with E-state index in [1.807, 2.05) is 24.3 Å². The van der Waals surface area contributed by atoms with Crippen molar-refractivity contribution in [2.24, 2.45) is 5.92 Å². The second kappa shape index (κ2) is 8.98. The summed E-state index contributed by atoms with van der Waals surface area (Å²) < 4.78 is 5.37. The van der Waals surface area contributed by atoms with Crippen LogP contribution in [0.3, 0.4) is 0 Å². The Morgan fingerprint density at radius 1 is 1.04 bits per heavy atom. The third kappa shape index (κ3) is 5.77. The number of nitrogens with zero attached hydrogens (tertiary/aromatic N) is 2. The Bertz CT molecular complexity index is 601. The van der Waals surface area contributed by atoms with Gasteiger partial charge in [-0.25, -0.2) is 9.97 Å². The van der Waals surface area contributed by atoms with Crippen molar-refractivity contribution in [1.29, 1.82) is 0 Å². The number of methoxy groups -OCH3 is 1. The third-order valence-electron chi connectivity index (χ3n) is 3.59. The first kappa shape index (κ1) is 17.1. The number of aromatic nitrogens is 2. The van der Waals surface area contributed by atoms with E-state index in [0.29, 0.717) is 5.92 Å². The van der Waals surface area contributed by atoms with Gasteiger partial charge in [-0.3, -0.25) is 0 Å². The summed E-state index contributed by atoms with van der Waals surface area (Å²) in [5.74, 6) is 3.30. The van der Waals surface area contributed by atoms with Crippen LogP contribution < -0.4 is 15.4 Å². The summed E-state index contributed by atoms with van der Waals surface area (Å²) in [7, 11) is 1.70. The van der Waals surface area contributed by atoms with E-state index in [0.717, 1.165) is 43.3 Å². The first-order valence-corrected chi connectivity index (χ1v) is 8.10. The minimum absolute atomic E-state index is 0.683. The molecule has 0 aliphatic rings. The molecule has 0 atom stereocenters. The van der Waals surface area contributed by atoms with Gasteiger partial charge in [-0.05, 0) is 30.4 Å². The van der Waals surface area contributed by atoms with Crippen LogP contribution in [0.4, 0.5) is 11.6 Å². The largest absolute Gasteiger partial charge is 0.496 e. The molecule has 0 radical (unpaired) electrons. The minimum Gasteiger partial charge on any atom is -0.496 e. The number of hydrogen-bond donors (Lipinski definition) is 2. The van der Waals surface area contributed by atoms with Crippen LogP contribution in [0.25, 0.3) is 0 Å². The predicted molar refractivity (Wildman–Crippen MR) is 95.2 cm³/mol. The van der Waals surface area contributed by atoms with Crippen molar-refractivity contribution in [1.82, 2.24) is 9.97 Å². The average molecular weight is 314 g/mol. The summed E-state index contributed by atoms with van der Waals surface area (Å²) in [5.41, 5.74) is 1.19. The fourth-order valence-corrected chi connectivity index (χ4v) is 2.27. The molecule has 0 saturated heterocycles. The molecule has 2 rings (SSSR count). The summed E-state index contributed by atoms with van der Waals surface area (Å²) >= 11 is 0. The SMILES string of the molecule is COc1ccccc1CCNc1cc(NCCC(C)C)ncn1. The van der Waals surface area contributed by atoms with Gasteiger partial charge in [0.1, 0.15) is 23.7 Å². The highest BCUT2D eigenvalue weighted by molar-refractivity contribution is 5.46. The zero-order valence-corrected chi connectivity index (χ0v) is 14.2. The lowest BCUT2D eigenvalue weighted by Gasteiger charge is -2.11. The lowest BCUT2D eigenvalue weighted by Crippen LogP contribution is -2.09. The van der Waals surface area contributed by atoms with Crippen LogP contribution in [0.1, 0.15) is 25.8 Å². The molecule has 0 bridgehead atoms. The maximum absolute atomic E-state index is 5.37. The Morgan fingerprint density at radius 2 is 1.74 bits per heavy atom. The average Bonchev–Trinajstić information content (AvgIpc) is 2.55. The predicted octanol–water partition coefficient (Wildman–Crippen LogP) is 3.60. The highest BCUT2D eigenvalue weighted by Gasteiger charge is 2.03. The zero-order valence-electron chi connectivity index (χ0n) is 14.2. The normalized spacial score (nSPS) is 10.6. The van der Waals surface area contributed by atoms with Gasteiger partial charge in [-0.1, -0.05) is 32.0 Å². The second-order valence-corrected chi connectivity index (χ2v) is 5.89. The lowest BCUT2D eigenvalue weighted by molar-refractivity contribution is 0.410. The van der Waals surface area contributed by atoms with Crippen molar-refractivity contribution in [2.75, 3.05) is 30.8 Å². The molecule has 1 aromatic carbocycles. The first-order valence-electron chi connectivity index (χ1n) is 8.10. The van der Waals surface area contributed by atoms with Gasteiger partial charge in [0.15, 0.2) is 0 Å². The van der Waals surface area contributed by atoms with Crippen molar-refractivity contribution >= 4 is 11.6 Å². The molecule has 0 aliphatic carbocycles. The molecule has 124 valence electrons. The van der Waals surface area contributed by atoms with E-state index < -0.39 is 0 Å². The molecule has 0 unspecified atom stereocenters. The van der Waals surface area contributed by atoms with Crippen LogP contribution in [0.15, 0.2) is 36.7 Å². The minimum atomic E-state index is 0.683. The molecule has 0 amide bonds. The Labute approximate surface area is 138 Å². The molecule has 1 heterocycles. The fraction of sp³-hybridized carbons (Fsp3) is 0.444. The van der Waals surface area contributed by atoms with Gasteiger partial charge in [-0.2, -0.15) is 0 Å². The van der Waals surface area contributed by atoms with E-state index in [2.05, 4.69) is 40.5 Å². The van der Waals surface area contributed by atoms with Gasteiger partial charge in [0.05, 0.1) is 7.11 Å². The number of para-hydroxylation sites is 1. The van der Waals surface area contributed by atoms with Crippen molar-refractivity contribution in [3.05, 3.63) is 42.2 Å². The molecule has 0 fully saturated rings. The molecule has 0 spiro atoms. The van der Waals surface area contributed by atoms with Crippen LogP contribution in [0.5, 0.6) is 5.75 Å². The van der Waals surface area contributed by atoms with E-state index in [9.17, 15) is 0 Å². The number of ether oxygens (including phenoxy) is 1. The smallest absolute Gasteiger partial charge is 0.131 e. The zero-order chi connectivity index (χ0) is 16.5. The quantitative estimate of drug-likeness (QED) is 0.740. The molecule has 1 aromatic heterocycles. The van der Waals surface area contributed by atoms with Crippen LogP contribution >= 0.6 is 0 Å². The van der Waals surface area contributed by atoms with Gasteiger partial charge < -0.3 is 15.4 Å². The summed E-state index contributed by atoms with van der Waals surface area (Å²) in [5, 5.41) is 6.67. The number of rotatable bonds is 9. The fourth-order valence-electron chi connectivity index (χ4n) is 2.27. The molecule has 0 aliphatic heterocycles. The van der Waals surface area contributed by atoms with Gasteiger partial charge in [0, 0.05) is 19.2 Å². The third-order valence-corrected chi connectivity index (χ3v) is 3.59. The summed E-state index contributed by atoms with van der Waals surface area (Å²) in [6.45, 7) is 6.15. The Hall–Kier alpha value is -2.30. The number of anilines is 2.